The van der Waals surface area contributed by atoms with Gasteiger partial charge >= 0.3 is 0 Å². The van der Waals surface area contributed by atoms with Crippen molar-refractivity contribution in [3.8, 4) is 0 Å². The second kappa shape index (κ2) is 12.4. The maximum absolute atomic E-state index is 14.6. The number of alkyl halides is 1. The largest absolute Gasteiger partial charge is 0.350 e. The Kier molecular flexibility index (Phi) is 8.76. The summed E-state index contributed by atoms with van der Waals surface area (Å²) in [4.78, 5) is 36.8. The molecule has 1 atom stereocenters. The zero-order chi connectivity index (χ0) is 26.2. The number of carbonyl (C=O) groups excluding carboxylic acids is 2. The third-order valence-electron chi connectivity index (χ3n) is 6.45. The minimum Gasteiger partial charge on any atom is -0.350 e. The standard InChI is InChI=1S/C26H30F2N6O3/c27-20(16-34-17-22(31-32-34)25(36)29-15-19-8-4-5-9-19)10-12-33-13-11-21(24(28)26(33)37)30-23(35)14-18-6-2-1-3-7-18/h1-3,6-7,11,13,17,19-20H,4-5,8-10,12,14-16H2,(H,29,36)(H,30,35). The first kappa shape index (κ1) is 26.2. The Hall–Kier alpha value is -3.89. The number of anilines is 1. The Morgan fingerprint density at radius 3 is 2.65 bits per heavy atom. The number of halogens is 2. The minimum atomic E-state index is -1.41. The lowest BCUT2D eigenvalue weighted by Gasteiger charge is -2.12. The summed E-state index contributed by atoms with van der Waals surface area (Å²) < 4.78 is 31.4. The molecule has 2 N–H and O–H groups in total. The SMILES string of the molecule is O=C(Cc1ccccc1)Nc1ccn(CCC(F)Cn2cc(C(=O)NCC3CCCC3)nn2)c(=O)c1F. The molecule has 3 aromatic rings. The minimum absolute atomic E-state index is 0.0407. The number of nitrogens with one attached hydrogen (secondary N) is 2. The van der Waals surface area contributed by atoms with Gasteiger partial charge in [0.25, 0.3) is 11.5 Å². The van der Waals surface area contributed by atoms with E-state index in [0.29, 0.717) is 12.5 Å². The van der Waals surface area contributed by atoms with Crippen molar-refractivity contribution in [3.63, 3.8) is 0 Å². The van der Waals surface area contributed by atoms with Crippen molar-refractivity contribution in [2.24, 2.45) is 5.92 Å². The van der Waals surface area contributed by atoms with Crippen molar-refractivity contribution >= 4 is 17.5 Å². The van der Waals surface area contributed by atoms with Crippen LogP contribution >= 0.6 is 0 Å². The fourth-order valence-corrected chi connectivity index (χ4v) is 4.40. The van der Waals surface area contributed by atoms with Gasteiger partial charge in [0.1, 0.15) is 6.17 Å². The van der Waals surface area contributed by atoms with E-state index in [4.69, 9.17) is 0 Å². The van der Waals surface area contributed by atoms with Crippen molar-refractivity contribution in [1.82, 2.24) is 24.9 Å². The molecule has 0 bridgehead atoms. The number of carbonyl (C=O) groups is 2. The molecule has 11 heteroatoms. The Balaban J connectivity index is 1.25. The summed E-state index contributed by atoms with van der Waals surface area (Å²) in [6.45, 7) is 0.366. The van der Waals surface area contributed by atoms with Gasteiger partial charge in [0.15, 0.2) is 5.69 Å². The molecule has 2 heterocycles. The molecule has 1 aliphatic rings. The third-order valence-corrected chi connectivity index (χ3v) is 6.45. The highest BCUT2D eigenvalue weighted by Crippen LogP contribution is 2.23. The van der Waals surface area contributed by atoms with Crippen LogP contribution in [0.15, 0.2) is 53.6 Å². The Morgan fingerprint density at radius 1 is 1.14 bits per heavy atom. The van der Waals surface area contributed by atoms with Crippen LogP contribution in [0.5, 0.6) is 0 Å². The van der Waals surface area contributed by atoms with E-state index in [1.54, 1.807) is 24.3 Å². The maximum Gasteiger partial charge on any atom is 0.288 e. The molecule has 4 rings (SSSR count). The van der Waals surface area contributed by atoms with Crippen LogP contribution in [-0.4, -0.2) is 44.1 Å². The number of hydrogen-bond acceptors (Lipinski definition) is 5. The summed E-state index contributed by atoms with van der Waals surface area (Å²) in [6.07, 6.45) is 5.83. The van der Waals surface area contributed by atoms with Gasteiger partial charge in [-0.1, -0.05) is 48.4 Å². The van der Waals surface area contributed by atoms with E-state index >= 15 is 0 Å². The summed E-state index contributed by atoms with van der Waals surface area (Å²) in [6, 6.07) is 10.2. The van der Waals surface area contributed by atoms with E-state index in [9.17, 15) is 23.2 Å². The summed E-state index contributed by atoms with van der Waals surface area (Å²) in [5.74, 6) is -1.41. The van der Waals surface area contributed by atoms with Crippen LogP contribution in [0.25, 0.3) is 0 Å². The van der Waals surface area contributed by atoms with Gasteiger partial charge in [-0.05, 0) is 36.8 Å². The number of aromatic nitrogens is 4. The first-order valence-corrected chi connectivity index (χ1v) is 12.4. The number of nitrogens with zero attached hydrogens (tertiary/aromatic N) is 4. The average molecular weight is 513 g/mol. The average Bonchev–Trinajstić information content (AvgIpc) is 3.58. The number of pyridine rings is 1. The van der Waals surface area contributed by atoms with E-state index in [1.165, 1.54) is 36.0 Å². The number of aryl methyl sites for hydroxylation is 1. The zero-order valence-corrected chi connectivity index (χ0v) is 20.4. The molecule has 0 radical (unpaired) electrons. The Labute approximate surface area is 212 Å². The monoisotopic (exact) mass is 512 g/mol. The van der Waals surface area contributed by atoms with E-state index in [2.05, 4.69) is 20.9 Å². The molecule has 0 aliphatic heterocycles. The van der Waals surface area contributed by atoms with Gasteiger partial charge < -0.3 is 15.2 Å². The lowest BCUT2D eigenvalue weighted by molar-refractivity contribution is -0.115. The van der Waals surface area contributed by atoms with Crippen molar-refractivity contribution in [1.29, 1.82) is 0 Å². The Morgan fingerprint density at radius 2 is 1.89 bits per heavy atom. The van der Waals surface area contributed by atoms with Crippen LogP contribution in [-0.2, 0) is 24.3 Å². The van der Waals surface area contributed by atoms with Crippen LogP contribution in [0.3, 0.4) is 0 Å². The van der Waals surface area contributed by atoms with Crippen LogP contribution in [0.1, 0.15) is 48.2 Å². The van der Waals surface area contributed by atoms with Crippen LogP contribution in [0.2, 0.25) is 0 Å². The zero-order valence-electron chi connectivity index (χ0n) is 20.4. The van der Waals surface area contributed by atoms with Gasteiger partial charge in [0.05, 0.1) is 24.8 Å². The van der Waals surface area contributed by atoms with Gasteiger partial charge in [-0.3, -0.25) is 14.4 Å². The third kappa shape index (κ3) is 7.31. The number of amides is 2. The molecule has 1 fully saturated rings. The van der Waals surface area contributed by atoms with Crippen LogP contribution in [0, 0.1) is 11.7 Å². The van der Waals surface area contributed by atoms with Crippen molar-refractivity contribution in [3.05, 3.63) is 76.2 Å². The fourth-order valence-electron chi connectivity index (χ4n) is 4.40. The molecule has 2 amide bonds. The highest BCUT2D eigenvalue weighted by molar-refractivity contribution is 5.92. The topological polar surface area (TPSA) is 111 Å². The van der Waals surface area contributed by atoms with Crippen molar-refractivity contribution in [2.45, 2.75) is 57.8 Å². The van der Waals surface area contributed by atoms with Crippen molar-refractivity contribution in [2.75, 3.05) is 11.9 Å². The van der Waals surface area contributed by atoms with Gasteiger partial charge in [-0.2, -0.15) is 4.39 Å². The number of hydrogen-bond donors (Lipinski definition) is 2. The van der Waals surface area contributed by atoms with Crippen LogP contribution < -0.4 is 16.2 Å². The predicted molar refractivity (Wildman–Crippen MR) is 133 cm³/mol. The molecule has 37 heavy (non-hydrogen) atoms. The van der Waals surface area contributed by atoms with E-state index in [0.717, 1.165) is 23.0 Å². The summed E-state index contributed by atoms with van der Waals surface area (Å²) >= 11 is 0. The van der Waals surface area contributed by atoms with Gasteiger partial charge in [-0.15, -0.1) is 5.10 Å². The number of benzene rings is 1. The molecular formula is C26H30F2N6O3. The molecule has 0 spiro atoms. The van der Waals surface area contributed by atoms with E-state index in [1.807, 2.05) is 6.07 Å². The Bertz CT molecular complexity index is 1270. The molecule has 1 unspecified atom stereocenters. The van der Waals surface area contributed by atoms with Gasteiger partial charge in [0, 0.05) is 19.3 Å². The summed E-state index contributed by atoms with van der Waals surface area (Å²) in [5.41, 5.74) is -0.299. The van der Waals surface area contributed by atoms with E-state index < -0.39 is 23.5 Å². The smallest absolute Gasteiger partial charge is 0.288 e. The normalized spacial score (nSPS) is 14.4. The highest BCUT2D eigenvalue weighted by Gasteiger charge is 2.19. The summed E-state index contributed by atoms with van der Waals surface area (Å²) in [7, 11) is 0. The van der Waals surface area contributed by atoms with Gasteiger partial charge in [-0.25, -0.2) is 9.07 Å². The second-order valence-corrected chi connectivity index (χ2v) is 9.32. The molecule has 2 aromatic heterocycles. The lowest BCUT2D eigenvalue weighted by atomic mass is 10.1. The second-order valence-electron chi connectivity index (χ2n) is 9.32. The first-order chi connectivity index (χ1) is 17.9. The molecule has 0 saturated heterocycles. The quantitative estimate of drug-likeness (QED) is 0.410. The summed E-state index contributed by atoms with van der Waals surface area (Å²) in [5, 5.41) is 12.9. The van der Waals surface area contributed by atoms with E-state index in [-0.39, 0.29) is 43.2 Å². The molecule has 1 aromatic carbocycles. The molecule has 1 aliphatic carbocycles. The molecular weight excluding hydrogens is 482 g/mol. The lowest BCUT2D eigenvalue weighted by Crippen LogP contribution is -2.28. The molecule has 9 nitrogen and oxygen atoms in total. The maximum atomic E-state index is 14.6. The fraction of sp³-hybridized carbons (Fsp3) is 0.423. The number of rotatable bonds is 11. The first-order valence-electron chi connectivity index (χ1n) is 12.4. The van der Waals surface area contributed by atoms with Gasteiger partial charge in [0.2, 0.25) is 11.7 Å². The molecule has 1 saturated carbocycles. The highest BCUT2D eigenvalue weighted by atomic mass is 19.1. The predicted octanol–water partition coefficient (Wildman–Crippen LogP) is 3.11. The molecule has 196 valence electrons. The van der Waals surface area contributed by atoms with Crippen molar-refractivity contribution < 1.29 is 18.4 Å². The van der Waals surface area contributed by atoms with Crippen LogP contribution in [0.4, 0.5) is 14.5 Å².